The predicted octanol–water partition coefficient (Wildman–Crippen LogP) is 3.03. The Morgan fingerprint density at radius 2 is 1.94 bits per heavy atom. The number of carbonyl (C=O) groups excluding carboxylic acids is 1. The molecule has 3 N–H and O–H groups in total. The summed E-state index contributed by atoms with van der Waals surface area (Å²) >= 11 is 5.82. The van der Waals surface area contributed by atoms with Crippen molar-refractivity contribution in [3.63, 3.8) is 0 Å². The van der Waals surface area contributed by atoms with Gasteiger partial charge in [0.2, 0.25) is 5.91 Å². The van der Waals surface area contributed by atoms with Crippen LogP contribution in [0.25, 0.3) is 0 Å². The van der Waals surface area contributed by atoms with Crippen LogP contribution in [0.2, 0.25) is 5.02 Å². The van der Waals surface area contributed by atoms with Gasteiger partial charge in [0.25, 0.3) is 0 Å². The minimum absolute atomic E-state index is 0.0179. The summed E-state index contributed by atoms with van der Waals surface area (Å²) in [7, 11) is 0. The van der Waals surface area contributed by atoms with Crippen molar-refractivity contribution in [2.75, 3.05) is 0 Å². The van der Waals surface area contributed by atoms with Crippen LogP contribution in [0.3, 0.4) is 0 Å². The van der Waals surface area contributed by atoms with E-state index in [1.165, 1.54) is 0 Å². The number of nitrogens with two attached hydrogens (primary N) is 1. The topological polar surface area (TPSA) is 55.1 Å². The van der Waals surface area contributed by atoms with Gasteiger partial charge in [-0.05, 0) is 44.9 Å². The molecule has 0 unspecified atom stereocenters. The van der Waals surface area contributed by atoms with E-state index in [-0.39, 0.29) is 17.5 Å². The van der Waals surface area contributed by atoms with Crippen molar-refractivity contribution in [3.05, 3.63) is 34.9 Å². The summed E-state index contributed by atoms with van der Waals surface area (Å²) in [6.45, 7) is 5.79. The summed E-state index contributed by atoms with van der Waals surface area (Å²) in [6, 6.07) is 7.46. The van der Waals surface area contributed by atoms with Crippen LogP contribution in [0.5, 0.6) is 0 Å². The lowest BCUT2D eigenvalue weighted by atomic mass is 9.99. The van der Waals surface area contributed by atoms with Crippen molar-refractivity contribution in [1.82, 2.24) is 5.32 Å². The number of nitrogens with one attached hydrogen (secondary N) is 1. The van der Waals surface area contributed by atoms with Gasteiger partial charge in [-0.1, -0.05) is 23.7 Å². The second-order valence-electron chi connectivity index (χ2n) is 5.33. The summed E-state index contributed by atoms with van der Waals surface area (Å²) in [5.74, 6) is 0.0241. The first-order chi connectivity index (χ1) is 8.28. The highest BCUT2D eigenvalue weighted by molar-refractivity contribution is 6.30. The standard InChI is InChI=1S/C14H21ClN2O/c1-10(11-4-6-12(15)7-5-11)17-13(18)8-9-14(2,3)16/h4-7,10H,8-9,16H2,1-3H3,(H,17,18)/t10-/m1/s1. The second kappa shape index (κ2) is 6.21. The molecule has 0 aliphatic carbocycles. The molecule has 0 aliphatic heterocycles. The number of hydrogen-bond acceptors (Lipinski definition) is 2. The van der Waals surface area contributed by atoms with Gasteiger partial charge in [0, 0.05) is 17.0 Å². The van der Waals surface area contributed by atoms with Crippen LogP contribution in [-0.4, -0.2) is 11.4 Å². The molecule has 0 aliphatic rings. The van der Waals surface area contributed by atoms with Gasteiger partial charge in [-0.25, -0.2) is 0 Å². The molecule has 1 atom stereocenters. The maximum absolute atomic E-state index is 11.7. The first-order valence-electron chi connectivity index (χ1n) is 6.11. The smallest absolute Gasteiger partial charge is 0.220 e. The Morgan fingerprint density at radius 3 is 2.44 bits per heavy atom. The van der Waals surface area contributed by atoms with Crippen LogP contribution >= 0.6 is 11.6 Å². The highest BCUT2D eigenvalue weighted by Crippen LogP contribution is 2.16. The summed E-state index contributed by atoms with van der Waals surface area (Å²) in [5, 5.41) is 3.65. The van der Waals surface area contributed by atoms with E-state index in [4.69, 9.17) is 17.3 Å². The highest BCUT2D eigenvalue weighted by Gasteiger charge is 2.15. The van der Waals surface area contributed by atoms with Crippen molar-refractivity contribution in [2.24, 2.45) is 5.73 Å². The van der Waals surface area contributed by atoms with Crippen LogP contribution in [0.4, 0.5) is 0 Å². The zero-order valence-corrected chi connectivity index (χ0v) is 11.9. The Kier molecular flexibility index (Phi) is 5.17. The lowest BCUT2D eigenvalue weighted by Crippen LogP contribution is -2.35. The Balaban J connectivity index is 2.47. The lowest BCUT2D eigenvalue weighted by Gasteiger charge is -2.19. The molecule has 0 radical (unpaired) electrons. The highest BCUT2D eigenvalue weighted by atomic mass is 35.5. The Bertz CT molecular complexity index is 395. The maximum Gasteiger partial charge on any atom is 0.220 e. The third kappa shape index (κ3) is 5.52. The summed E-state index contributed by atoms with van der Waals surface area (Å²) in [5.41, 5.74) is 6.58. The minimum Gasteiger partial charge on any atom is -0.350 e. The molecule has 0 saturated carbocycles. The Hall–Kier alpha value is -1.06. The number of rotatable bonds is 5. The number of halogens is 1. The van der Waals surface area contributed by atoms with Gasteiger partial charge in [0.1, 0.15) is 0 Å². The number of amides is 1. The van der Waals surface area contributed by atoms with E-state index in [9.17, 15) is 4.79 Å². The predicted molar refractivity (Wildman–Crippen MR) is 75.5 cm³/mol. The van der Waals surface area contributed by atoms with E-state index in [2.05, 4.69) is 5.32 Å². The van der Waals surface area contributed by atoms with Crippen LogP contribution in [0.1, 0.15) is 45.2 Å². The zero-order valence-electron chi connectivity index (χ0n) is 11.2. The molecule has 18 heavy (non-hydrogen) atoms. The average molecular weight is 269 g/mol. The van der Waals surface area contributed by atoms with Crippen molar-refractivity contribution in [1.29, 1.82) is 0 Å². The van der Waals surface area contributed by atoms with Gasteiger partial charge in [-0.3, -0.25) is 4.79 Å². The van der Waals surface area contributed by atoms with Gasteiger partial charge in [0.05, 0.1) is 6.04 Å². The normalized spacial score (nSPS) is 13.2. The molecule has 100 valence electrons. The van der Waals surface area contributed by atoms with E-state index in [0.29, 0.717) is 17.9 Å². The van der Waals surface area contributed by atoms with Crippen molar-refractivity contribution >= 4 is 17.5 Å². The third-order valence-electron chi connectivity index (χ3n) is 2.74. The summed E-state index contributed by atoms with van der Waals surface area (Å²) < 4.78 is 0. The molecule has 4 heteroatoms. The van der Waals surface area contributed by atoms with Crippen molar-refractivity contribution in [2.45, 2.75) is 45.2 Å². The van der Waals surface area contributed by atoms with Gasteiger partial charge in [0.15, 0.2) is 0 Å². The van der Waals surface area contributed by atoms with E-state index in [1.807, 2.05) is 45.0 Å². The van der Waals surface area contributed by atoms with E-state index in [0.717, 1.165) is 5.56 Å². The molecule has 0 heterocycles. The Labute approximate surface area is 114 Å². The molecular formula is C14H21ClN2O. The molecule has 0 bridgehead atoms. The summed E-state index contributed by atoms with van der Waals surface area (Å²) in [6.07, 6.45) is 1.12. The Morgan fingerprint density at radius 1 is 1.39 bits per heavy atom. The van der Waals surface area contributed by atoms with E-state index < -0.39 is 0 Å². The molecule has 0 aromatic heterocycles. The fourth-order valence-electron chi connectivity index (χ4n) is 1.58. The van der Waals surface area contributed by atoms with Crippen LogP contribution < -0.4 is 11.1 Å². The zero-order chi connectivity index (χ0) is 13.8. The largest absolute Gasteiger partial charge is 0.350 e. The van der Waals surface area contributed by atoms with Crippen molar-refractivity contribution < 1.29 is 4.79 Å². The van der Waals surface area contributed by atoms with Crippen LogP contribution in [-0.2, 0) is 4.79 Å². The maximum atomic E-state index is 11.7. The van der Waals surface area contributed by atoms with Gasteiger partial charge >= 0.3 is 0 Å². The van der Waals surface area contributed by atoms with Gasteiger partial charge in [-0.2, -0.15) is 0 Å². The number of benzene rings is 1. The molecule has 0 saturated heterocycles. The monoisotopic (exact) mass is 268 g/mol. The SMILES string of the molecule is C[C@@H](NC(=O)CCC(C)(C)N)c1ccc(Cl)cc1. The molecule has 1 aromatic carbocycles. The fourth-order valence-corrected chi connectivity index (χ4v) is 1.71. The molecule has 1 amide bonds. The third-order valence-corrected chi connectivity index (χ3v) is 3.00. The van der Waals surface area contributed by atoms with Crippen LogP contribution in [0, 0.1) is 0 Å². The average Bonchev–Trinajstić information content (AvgIpc) is 2.26. The minimum atomic E-state index is -0.305. The van der Waals surface area contributed by atoms with Crippen molar-refractivity contribution in [3.8, 4) is 0 Å². The number of carbonyl (C=O) groups is 1. The first-order valence-corrected chi connectivity index (χ1v) is 6.49. The molecule has 0 fully saturated rings. The second-order valence-corrected chi connectivity index (χ2v) is 5.77. The van der Waals surface area contributed by atoms with E-state index >= 15 is 0 Å². The molecule has 0 spiro atoms. The number of hydrogen-bond donors (Lipinski definition) is 2. The molecular weight excluding hydrogens is 248 g/mol. The first kappa shape index (κ1) is 15.0. The van der Waals surface area contributed by atoms with E-state index in [1.54, 1.807) is 0 Å². The molecule has 3 nitrogen and oxygen atoms in total. The summed E-state index contributed by atoms with van der Waals surface area (Å²) in [4.78, 5) is 11.7. The van der Waals surface area contributed by atoms with Crippen LogP contribution in [0.15, 0.2) is 24.3 Å². The molecule has 1 rings (SSSR count). The molecule has 1 aromatic rings. The quantitative estimate of drug-likeness (QED) is 0.862. The van der Waals surface area contributed by atoms with Gasteiger partial charge < -0.3 is 11.1 Å². The fraction of sp³-hybridized carbons (Fsp3) is 0.500. The lowest BCUT2D eigenvalue weighted by molar-refractivity contribution is -0.122. The van der Waals surface area contributed by atoms with Gasteiger partial charge in [-0.15, -0.1) is 0 Å².